The van der Waals surface area contributed by atoms with Gasteiger partial charge in [0.1, 0.15) is 17.0 Å². The molecule has 3 heterocycles. The molecule has 0 unspecified atom stereocenters. The van der Waals surface area contributed by atoms with Crippen LogP contribution < -0.4 is 10.6 Å². The second kappa shape index (κ2) is 3.43. The van der Waals surface area contributed by atoms with E-state index in [1.165, 1.54) is 0 Å². The van der Waals surface area contributed by atoms with Crippen LogP contribution in [0, 0.1) is 0 Å². The zero-order chi connectivity index (χ0) is 10.3. The Morgan fingerprint density at radius 1 is 1.47 bits per heavy atom. The number of anilines is 1. The Balaban J connectivity index is 2.06. The Kier molecular flexibility index (Phi) is 2.07. The summed E-state index contributed by atoms with van der Waals surface area (Å²) in [6.07, 6.45) is 2.69. The second-order valence-electron chi connectivity index (χ2n) is 3.83. The van der Waals surface area contributed by atoms with E-state index in [2.05, 4.69) is 26.3 Å². The molecule has 2 N–H and O–H groups in total. The fourth-order valence-electron chi connectivity index (χ4n) is 2.01. The van der Waals surface area contributed by atoms with Gasteiger partial charge in [0, 0.05) is 19.1 Å². The first kappa shape index (κ1) is 9.06. The van der Waals surface area contributed by atoms with Gasteiger partial charge in [-0.1, -0.05) is 0 Å². The summed E-state index contributed by atoms with van der Waals surface area (Å²) < 4.78 is 0. The molecule has 0 saturated carbocycles. The van der Waals surface area contributed by atoms with Crippen molar-refractivity contribution in [1.29, 1.82) is 0 Å². The summed E-state index contributed by atoms with van der Waals surface area (Å²) in [5, 5.41) is 3.20. The standard InChI is InChI=1S/C10H12N4S/c11-7-1-3-14(5-7)9-8-2-4-15-10(8)13-6-12-9/h2,4,6-7H,1,3,5,11H2/t7-/m0/s1. The molecule has 5 heteroatoms. The van der Waals surface area contributed by atoms with Crippen LogP contribution in [0.3, 0.4) is 0 Å². The maximum absolute atomic E-state index is 5.90. The Morgan fingerprint density at radius 2 is 2.40 bits per heavy atom. The number of nitrogens with two attached hydrogens (primary N) is 1. The van der Waals surface area contributed by atoms with Crippen molar-refractivity contribution in [3.05, 3.63) is 17.8 Å². The van der Waals surface area contributed by atoms with E-state index >= 15 is 0 Å². The van der Waals surface area contributed by atoms with E-state index in [4.69, 9.17) is 5.73 Å². The Labute approximate surface area is 91.7 Å². The smallest absolute Gasteiger partial charge is 0.140 e. The second-order valence-corrected chi connectivity index (χ2v) is 4.73. The van der Waals surface area contributed by atoms with Crippen LogP contribution in [-0.2, 0) is 0 Å². The molecule has 78 valence electrons. The predicted octanol–water partition coefficient (Wildman–Crippen LogP) is 1.23. The number of thiophene rings is 1. The van der Waals surface area contributed by atoms with Gasteiger partial charge >= 0.3 is 0 Å². The molecule has 15 heavy (non-hydrogen) atoms. The lowest BCUT2D eigenvalue weighted by Crippen LogP contribution is -2.26. The molecule has 1 aliphatic rings. The minimum Gasteiger partial charge on any atom is -0.354 e. The normalized spacial score (nSPS) is 21.4. The summed E-state index contributed by atoms with van der Waals surface area (Å²) in [5.74, 6) is 1.04. The number of fused-ring (bicyclic) bond motifs is 1. The van der Waals surface area contributed by atoms with Crippen LogP contribution in [0.25, 0.3) is 10.2 Å². The Morgan fingerprint density at radius 3 is 3.20 bits per heavy atom. The van der Waals surface area contributed by atoms with Gasteiger partial charge < -0.3 is 10.6 Å². The fraction of sp³-hybridized carbons (Fsp3) is 0.400. The van der Waals surface area contributed by atoms with Gasteiger partial charge in [-0.3, -0.25) is 0 Å². The third-order valence-electron chi connectivity index (χ3n) is 2.76. The first-order valence-corrected chi connectivity index (χ1v) is 5.91. The van der Waals surface area contributed by atoms with Crippen molar-refractivity contribution in [3.63, 3.8) is 0 Å². The van der Waals surface area contributed by atoms with Gasteiger partial charge in [-0.2, -0.15) is 0 Å². The van der Waals surface area contributed by atoms with E-state index in [0.29, 0.717) is 0 Å². The predicted molar refractivity (Wildman–Crippen MR) is 62.2 cm³/mol. The van der Waals surface area contributed by atoms with Crippen LogP contribution in [-0.4, -0.2) is 29.1 Å². The van der Waals surface area contributed by atoms with Crippen molar-refractivity contribution in [2.24, 2.45) is 5.73 Å². The van der Waals surface area contributed by atoms with Gasteiger partial charge in [-0.25, -0.2) is 9.97 Å². The lowest BCUT2D eigenvalue weighted by atomic mass is 10.3. The molecule has 0 radical (unpaired) electrons. The van der Waals surface area contributed by atoms with Crippen LogP contribution in [0.15, 0.2) is 17.8 Å². The molecule has 0 amide bonds. The average molecular weight is 220 g/mol. The van der Waals surface area contributed by atoms with Gasteiger partial charge in [-0.15, -0.1) is 11.3 Å². The third kappa shape index (κ3) is 1.48. The van der Waals surface area contributed by atoms with E-state index < -0.39 is 0 Å². The lowest BCUT2D eigenvalue weighted by Gasteiger charge is -2.16. The number of hydrogen-bond donors (Lipinski definition) is 1. The molecule has 1 saturated heterocycles. The van der Waals surface area contributed by atoms with Crippen molar-refractivity contribution in [3.8, 4) is 0 Å². The van der Waals surface area contributed by atoms with E-state index in [1.54, 1.807) is 17.7 Å². The fourth-order valence-corrected chi connectivity index (χ4v) is 2.74. The SMILES string of the molecule is N[C@H]1CCN(c2ncnc3sccc23)C1. The highest BCUT2D eigenvalue weighted by atomic mass is 32.1. The zero-order valence-electron chi connectivity index (χ0n) is 8.26. The summed E-state index contributed by atoms with van der Waals surface area (Å²) in [4.78, 5) is 11.9. The number of hydrogen-bond acceptors (Lipinski definition) is 5. The first-order chi connectivity index (χ1) is 7.34. The Bertz CT molecular complexity index is 481. The molecule has 3 rings (SSSR count). The van der Waals surface area contributed by atoms with E-state index in [9.17, 15) is 0 Å². The molecule has 0 aliphatic carbocycles. The van der Waals surface area contributed by atoms with Crippen molar-refractivity contribution in [1.82, 2.24) is 9.97 Å². The molecule has 2 aromatic rings. The molecule has 1 aliphatic heterocycles. The van der Waals surface area contributed by atoms with Crippen LogP contribution in [0.2, 0.25) is 0 Å². The minimum atomic E-state index is 0.286. The molecular weight excluding hydrogens is 208 g/mol. The van der Waals surface area contributed by atoms with Gasteiger partial charge in [0.25, 0.3) is 0 Å². The van der Waals surface area contributed by atoms with Crippen molar-refractivity contribution < 1.29 is 0 Å². The maximum atomic E-state index is 5.90. The highest BCUT2D eigenvalue weighted by molar-refractivity contribution is 7.16. The molecule has 1 fully saturated rings. The van der Waals surface area contributed by atoms with Crippen LogP contribution in [0.4, 0.5) is 5.82 Å². The molecule has 0 spiro atoms. The van der Waals surface area contributed by atoms with E-state index in [0.717, 1.165) is 35.5 Å². The van der Waals surface area contributed by atoms with Crippen LogP contribution in [0.1, 0.15) is 6.42 Å². The highest BCUT2D eigenvalue weighted by Crippen LogP contribution is 2.28. The van der Waals surface area contributed by atoms with Gasteiger partial charge in [0.05, 0.1) is 5.39 Å². The van der Waals surface area contributed by atoms with Gasteiger partial charge in [0.15, 0.2) is 0 Å². The summed E-state index contributed by atoms with van der Waals surface area (Å²) in [6, 6.07) is 2.37. The van der Waals surface area contributed by atoms with Crippen LogP contribution in [0.5, 0.6) is 0 Å². The van der Waals surface area contributed by atoms with Crippen molar-refractivity contribution in [2.45, 2.75) is 12.5 Å². The maximum Gasteiger partial charge on any atom is 0.140 e. The molecule has 0 bridgehead atoms. The van der Waals surface area contributed by atoms with Gasteiger partial charge in [0.2, 0.25) is 0 Å². The molecule has 2 aromatic heterocycles. The first-order valence-electron chi connectivity index (χ1n) is 5.03. The average Bonchev–Trinajstić information content (AvgIpc) is 2.84. The van der Waals surface area contributed by atoms with Crippen LogP contribution >= 0.6 is 11.3 Å². The summed E-state index contributed by atoms with van der Waals surface area (Å²) >= 11 is 1.65. The summed E-state index contributed by atoms with van der Waals surface area (Å²) in [6.45, 7) is 1.91. The number of aromatic nitrogens is 2. The minimum absolute atomic E-state index is 0.286. The molecule has 0 aromatic carbocycles. The Hall–Kier alpha value is -1.20. The summed E-state index contributed by atoms with van der Waals surface area (Å²) in [5.41, 5.74) is 5.90. The number of rotatable bonds is 1. The molecule has 4 nitrogen and oxygen atoms in total. The van der Waals surface area contributed by atoms with E-state index in [1.807, 2.05) is 0 Å². The largest absolute Gasteiger partial charge is 0.354 e. The topological polar surface area (TPSA) is 55.0 Å². The molecular formula is C10H12N4S. The van der Waals surface area contributed by atoms with E-state index in [-0.39, 0.29) is 6.04 Å². The monoisotopic (exact) mass is 220 g/mol. The summed E-state index contributed by atoms with van der Waals surface area (Å²) in [7, 11) is 0. The highest BCUT2D eigenvalue weighted by Gasteiger charge is 2.22. The number of nitrogens with zero attached hydrogens (tertiary/aromatic N) is 3. The molecule has 1 atom stereocenters. The van der Waals surface area contributed by atoms with Crippen molar-refractivity contribution in [2.75, 3.05) is 18.0 Å². The zero-order valence-corrected chi connectivity index (χ0v) is 9.07. The lowest BCUT2D eigenvalue weighted by molar-refractivity contribution is 0.751. The third-order valence-corrected chi connectivity index (χ3v) is 3.59. The van der Waals surface area contributed by atoms with Crippen molar-refractivity contribution >= 4 is 27.4 Å². The quantitative estimate of drug-likeness (QED) is 0.785. The van der Waals surface area contributed by atoms with Gasteiger partial charge in [-0.05, 0) is 17.9 Å².